The number of para-hydroxylation sites is 1. The number of nitrogens with one attached hydrogen (secondary N) is 4. The molecule has 0 atom stereocenters. The van der Waals surface area contributed by atoms with Crippen molar-refractivity contribution in [3.05, 3.63) is 89.1 Å². The number of aromatic amines is 2. The maximum Gasteiger partial charge on any atom is 0.275 e. The number of anilines is 2. The number of amides is 2. The lowest BCUT2D eigenvalue weighted by Gasteiger charge is -2.30. The van der Waals surface area contributed by atoms with E-state index in [0.717, 1.165) is 16.4 Å². The molecule has 0 saturated carbocycles. The number of hydrogen-bond acceptors (Lipinski definition) is 6. The molecule has 3 heterocycles. The summed E-state index contributed by atoms with van der Waals surface area (Å²) in [6.07, 6.45) is 2.76. The molecule has 0 unspecified atom stereocenters. The van der Waals surface area contributed by atoms with Crippen molar-refractivity contribution in [3.63, 3.8) is 0 Å². The Labute approximate surface area is 215 Å². The lowest BCUT2D eigenvalue weighted by atomic mass is 10.0. The lowest BCUT2D eigenvalue weighted by Crippen LogP contribution is -2.40. The second-order valence-corrected chi connectivity index (χ2v) is 10.9. The molecule has 38 heavy (non-hydrogen) atoms. The van der Waals surface area contributed by atoms with E-state index in [4.69, 9.17) is 0 Å². The van der Waals surface area contributed by atoms with Crippen molar-refractivity contribution < 1.29 is 26.8 Å². The zero-order valence-corrected chi connectivity index (χ0v) is 20.9. The van der Waals surface area contributed by atoms with Gasteiger partial charge in [-0.15, -0.1) is 0 Å². The summed E-state index contributed by atoms with van der Waals surface area (Å²) in [6.45, 7) is 3.00. The van der Waals surface area contributed by atoms with Gasteiger partial charge in [-0.2, -0.15) is 9.40 Å². The first kappa shape index (κ1) is 25.2. The highest BCUT2D eigenvalue weighted by Crippen LogP contribution is 2.44. The minimum absolute atomic E-state index is 0.0784. The van der Waals surface area contributed by atoms with Crippen LogP contribution in [0.2, 0.25) is 0 Å². The Balaban J connectivity index is 1.41. The number of imidazole rings is 1. The number of nitrogens with zero attached hydrogens (tertiary/aromatic N) is 3. The first-order valence-electron chi connectivity index (χ1n) is 11.3. The number of aromatic nitrogens is 4. The molecule has 0 radical (unpaired) electrons. The fourth-order valence-electron chi connectivity index (χ4n) is 4.32. The number of carbonyl (C=O) groups is 2. The van der Waals surface area contributed by atoms with Gasteiger partial charge in [0.25, 0.3) is 11.8 Å². The van der Waals surface area contributed by atoms with Crippen LogP contribution in [-0.2, 0) is 22.1 Å². The average molecular weight is 542 g/mol. The number of halogens is 2. The van der Waals surface area contributed by atoms with Gasteiger partial charge in [0.1, 0.15) is 17.3 Å². The van der Waals surface area contributed by atoms with Crippen LogP contribution in [0.1, 0.15) is 46.0 Å². The predicted octanol–water partition coefficient (Wildman–Crippen LogP) is 3.36. The van der Waals surface area contributed by atoms with E-state index in [2.05, 4.69) is 30.8 Å². The molecule has 196 valence electrons. The van der Waals surface area contributed by atoms with Gasteiger partial charge in [-0.1, -0.05) is 12.1 Å². The monoisotopic (exact) mass is 541 g/mol. The number of sulfonamides is 1. The molecule has 11 nitrogen and oxygen atoms in total. The fraction of sp³-hybridized carbons (Fsp3) is 0.167. The Bertz CT molecular complexity index is 1650. The van der Waals surface area contributed by atoms with E-state index in [1.165, 1.54) is 18.6 Å². The molecule has 2 aromatic carbocycles. The van der Waals surface area contributed by atoms with Crippen LogP contribution < -0.4 is 10.6 Å². The van der Waals surface area contributed by atoms with E-state index in [1.54, 1.807) is 32.0 Å². The zero-order valence-electron chi connectivity index (χ0n) is 20.0. The van der Waals surface area contributed by atoms with Crippen molar-refractivity contribution in [2.24, 2.45) is 0 Å². The summed E-state index contributed by atoms with van der Waals surface area (Å²) in [6, 6.07) is 8.38. The Morgan fingerprint density at radius 2 is 1.76 bits per heavy atom. The van der Waals surface area contributed by atoms with Crippen molar-refractivity contribution in [2.75, 3.05) is 10.6 Å². The standard InChI is InChI=1S/C24H21F2N7O4S/c1-24(2)20-17(11-33(24)38(36,37)15-8-13(25)7-14(26)9-15)21(32-31-20)30-22(34)16-5-3-4-6-18(16)29-23(35)19-10-27-12-28-19/h3-10,12H,11H2,1-2H3,(H,27,28)(H,29,35)(H2,30,31,32,34). The molecule has 2 aromatic heterocycles. The highest BCUT2D eigenvalue weighted by Gasteiger charge is 2.48. The molecule has 4 aromatic rings. The third kappa shape index (κ3) is 4.33. The predicted molar refractivity (Wildman–Crippen MR) is 132 cm³/mol. The van der Waals surface area contributed by atoms with Crippen molar-refractivity contribution in [1.82, 2.24) is 24.5 Å². The van der Waals surface area contributed by atoms with Crippen LogP contribution in [-0.4, -0.2) is 44.7 Å². The van der Waals surface area contributed by atoms with Gasteiger partial charge in [-0.05, 0) is 38.1 Å². The highest BCUT2D eigenvalue weighted by atomic mass is 32.2. The van der Waals surface area contributed by atoms with Crippen LogP contribution in [0, 0.1) is 11.6 Å². The topological polar surface area (TPSA) is 153 Å². The molecular formula is C24H21F2N7O4S. The van der Waals surface area contributed by atoms with Gasteiger partial charge in [0.2, 0.25) is 10.0 Å². The minimum atomic E-state index is -4.33. The maximum atomic E-state index is 13.8. The van der Waals surface area contributed by atoms with Gasteiger partial charge in [0.15, 0.2) is 5.82 Å². The molecule has 14 heteroatoms. The smallest absolute Gasteiger partial charge is 0.275 e. The molecule has 0 saturated heterocycles. The van der Waals surface area contributed by atoms with Crippen LogP contribution >= 0.6 is 0 Å². The van der Waals surface area contributed by atoms with E-state index in [0.29, 0.717) is 17.3 Å². The van der Waals surface area contributed by atoms with Crippen molar-refractivity contribution in [1.29, 1.82) is 0 Å². The van der Waals surface area contributed by atoms with Gasteiger partial charge in [-0.3, -0.25) is 14.7 Å². The highest BCUT2D eigenvalue weighted by molar-refractivity contribution is 7.89. The largest absolute Gasteiger partial charge is 0.350 e. The number of benzene rings is 2. The van der Waals surface area contributed by atoms with Crippen LogP contribution in [0.4, 0.5) is 20.3 Å². The zero-order chi connectivity index (χ0) is 27.2. The normalized spacial score (nSPS) is 14.7. The van der Waals surface area contributed by atoms with Crippen molar-refractivity contribution in [3.8, 4) is 0 Å². The summed E-state index contributed by atoms with van der Waals surface area (Å²) in [5.41, 5.74) is 0.109. The van der Waals surface area contributed by atoms with Gasteiger partial charge in [0.05, 0.1) is 33.7 Å². The molecule has 1 aliphatic heterocycles. The van der Waals surface area contributed by atoms with E-state index < -0.39 is 43.9 Å². The van der Waals surface area contributed by atoms with E-state index in [9.17, 15) is 26.8 Å². The van der Waals surface area contributed by atoms with Crippen molar-refractivity contribution in [2.45, 2.75) is 30.8 Å². The average Bonchev–Trinajstić information content (AvgIpc) is 3.58. The molecule has 0 fully saturated rings. The van der Waals surface area contributed by atoms with Crippen LogP contribution in [0.5, 0.6) is 0 Å². The summed E-state index contributed by atoms with van der Waals surface area (Å²) in [7, 11) is -4.33. The summed E-state index contributed by atoms with van der Waals surface area (Å²) in [4.78, 5) is 31.6. The Hall–Kier alpha value is -4.43. The quantitative estimate of drug-likeness (QED) is 0.294. The van der Waals surface area contributed by atoms with Crippen molar-refractivity contribution >= 4 is 33.3 Å². The lowest BCUT2D eigenvalue weighted by molar-refractivity contribution is 0.102. The molecule has 0 spiro atoms. The van der Waals surface area contributed by atoms with Gasteiger partial charge in [-0.25, -0.2) is 22.2 Å². The van der Waals surface area contributed by atoms with E-state index >= 15 is 0 Å². The summed E-state index contributed by atoms with van der Waals surface area (Å²) in [5.74, 6) is -3.10. The Kier molecular flexibility index (Phi) is 6.07. The molecule has 2 amide bonds. The molecule has 0 aliphatic carbocycles. The molecule has 4 N–H and O–H groups in total. The molecular weight excluding hydrogens is 520 g/mol. The number of fused-ring (bicyclic) bond motifs is 1. The Morgan fingerprint density at radius 3 is 2.45 bits per heavy atom. The second kappa shape index (κ2) is 9.15. The summed E-state index contributed by atoms with van der Waals surface area (Å²) < 4.78 is 55.3. The molecule has 0 bridgehead atoms. The van der Waals surface area contributed by atoms with Crippen LogP contribution in [0.25, 0.3) is 0 Å². The minimum Gasteiger partial charge on any atom is -0.350 e. The third-order valence-corrected chi connectivity index (χ3v) is 8.21. The van der Waals surface area contributed by atoms with Crippen LogP contribution in [0.15, 0.2) is 59.9 Å². The maximum absolute atomic E-state index is 13.8. The first-order valence-corrected chi connectivity index (χ1v) is 12.7. The van der Waals surface area contributed by atoms with E-state index in [-0.39, 0.29) is 29.3 Å². The van der Waals surface area contributed by atoms with Gasteiger partial charge >= 0.3 is 0 Å². The number of rotatable bonds is 6. The Morgan fingerprint density at radius 1 is 1.05 bits per heavy atom. The molecule has 5 rings (SSSR count). The number of H-pyrrole nitrogens is 2. The first-order chi connectivity index (χ1) is 18.0. The summed E-state index contributed by atoms with van der Waals surface area (Å²) in [5, 5.41) is 12.2. The van der Waals surface area contributed by atoms with Crippen LogP contribution in [0.3, 0.4) is 0 Å². The second-order valence-electron chi connectivity index (χ2n) is 9.01. The summed E-state index contributed by atoms with van der Waals surface area (Å²) >= 11 is 0. The van der Waals surface area contributed by atoms with Gasteiger partial charge < -0.3 is 15.6 Å². The SMILES string of the molecule is CC1(C)c2[nH]nc(NC(=O)c3ccccc3NC(=O)c3c[nH]cn3)c2CN1S(=O)(=O)c1cc(F)cc(F)c1. The number of carbonyl (C=O) groups excluding carboxylic acids is 2. The number of hydrogen-bond donors (Lipinski definition) is 4. The van der Waals surface area contributed by atoms with E-state index in [1.807, 2.05) is 0 Å². The van der Waals surface area contributed by atoms with Gasteiger partial charge in [0, 0.05) is 24.4 Å². The third-order valence-electron chi connectivity index (χ3n) is 6.21. The molecule has 1 aliphatic rings. The fourth-order valence-corrected chi connectivity index (χ4v) is 6.09.